The monoisotopic (exact) mass is 413 g/mol. The third kappa shape index (κ3) is 3.15. The largest absolute Gasteiger partial charge is 0.365 e. The number of hydrogen-bond donors (Lipinski definition) is 0. The van der Waals surface area contributed by atoms with E-state index in [1.807, 2.05) is 30.3 Å². The molecule has 1 aromatic carbocycles. The molecule has 0 radical (unpaired) electrons. The Morgan fingerprint density at radius 2 is 2.00 bits per heavy atom. The average Bonchev–Trinajstić information content (AvgIpc) is 3.12. The van der Waals surface area contributed by atoms with E-state index in [1.165, 1.54) is 0 Å². The Morgan fingerprint density at radius 1 is 1.17 bits per heavy atom. The van der Waals surface area contributed by atoms with E-state index in [0.717, 1.165) is 5.56 Å². The van der Waals surface area contributed by atoms with Crippen molar-refractivity contribution >= 4 is 15.9 Å². The molecule has 152 valence electrons. The van der Waals surface area contributed by atoms with Crippen LogP contribution in [0.1, 0.15) is 22.3 Å². The molecule has 1 spiro atoms. The van der Waals surface area contributed by atoms with E-state index in [-0.39, 0.29) is 12.0 Å². The van der Waals surface area contributed by atoms with Crippen LogP contribution in [0.3, 0.4) is 0 Å². The molecule has 5 rings (SSSR count). The highest BCUT2D eigenvalue weighted by Gasteiger charge is 2.65. The fourth-order valence-electron chi connectivity index (χ4n) is 4.88. The van der Waals surface area contributed by atoms with Gasteiger partial charge in [-0.05, 0) is 30.5 Å². The number of pyridine rings is 1. The first-order valence-electron chi connectivity index (χ1n) is 9.88. The van der Waals surface area contributed by atoms with Gasteiger partial charge in [0, 0.05) is 32.0 Å². The summed E-state index contributed by atoms with van der Waals surface area (Å²) in [5.74, 6) is -0.119. The summed E-state index contributed by atoms with van der Waals surface area (Å²) in [6, 6.07) is 13.3. The van der Waals surface area contributed by atoms with Gasteiger partial charge < -0.3 is 9.64 Å². The first-order chi connectivity index (χ1) is 14.0. The number of ether oxygens (including phenoxy) is 1. The molecule has 0 saturated carbocycles. The standard InChI is InChI=1S/C21H23N3O4S/c25-20(17-7-4-9-22-12-17)23-13-18-11-19-21(14-23,28-18)15-24(29(19,26)27)10-8-16-5-2-1-3-6-16/h1-7,9,12,18-19H,8,10-11,13-15H2/t18-,19+,21+/m0/s1. The van der Waals surface area contributed by atoms with Crippen molar-refractivity contribution in [1.29, 1.82) is 0 Å². The minimum absolute atomic E-state index is 0.119. The molecule has 3 fully saturated rings. The fraction of sp³-hybridized carbons (Fsp3) is 0.429. The lowest BCUT2D eigenvalue weighted by Crippen LogP contribution is -2.56. The number of carbonyl (C=O) groups excluding carboxylic acids is 1. The molecule has 3 aliphatic heterocycles. The first-order valence-corrected chi connectivity index (χ1v) is 11.4. The molecule has 2 bridgehead atoms. The third-order valence-corrected chi connectivity index (χ3v) is 8.57. The number of benzene rings is 1. The maximum absolute atomic E-state index is 13.2. The Morgan fingerprint density at radius 3 is 2.76 bits per heavy atom. The molecule has 0 aliphatic carbocycles. The maximum atomic E-state index is 13.2. The normalized spacial score (nSPS) is 30.3. The van der Waals surface area contributed by atoms with Crippen molar-refractivity contribution in [1.82, 2.24) is 14.2 Å². The predicted molar refractivity (Wildman–Crippen MR) is 107 cm³/mol. The van der Waals surface area contributed by atoms with Crippen molar-refractivity contribution in [3.8, 4) is 0 Å². The highest BCUT2D eigenvalue weighted by Crippen LogP contribution is 2.46. The number of aromatic nitrogens is 1. The summed E-state index contributed by atoms with van der Waals surface area (Å²) in [6.45, 7) is 1.45. The molecule has 4 heterocycles. The lowest BCUT2D eigenvalue weighted by Gasteiger charge is -2.39. The van der Waals surface area contributed by atoms with E-state index in [9.17, 15) is 13.2 Å². The zero-order chi connectivity index (χ0) is 20.1. The molecule has 29 heavy (non-hydrogen) atoms. The molecule has 3 saturated heterocycles. The Hall–Kier alpha value is -2.29. The maximum Gasteiger partial charge on any atom is 0.255 e. The molecular weight excluding hydrogens is 390 g/mol. The summed E-state index contributed by atoms with van der Waals surface area (Å²) in [5.41, 5.74) is 0.785. The van der Waals surface area contributed by atoms with Crippen LogP contribution in [0, 0.1) is 0 Å². The molecule has 8 heteroatoms. The van der Waals surface area contributed by atoms with Crippen LogP contribution in [0.15, 0.2) is 54.9 Å². The predicted octanol–water partition coefficient (Wildman–Crippen LogP) is 1.32. The van der Waals surface area contributed by atoms with E-state index in [0.29, 0.717) is 44.6 Å². The van der Waals surface area contributed by atoms with Crippen LogP contribution >= 0.6 is 0 Å². The van der Waals surface area contributed by atoms with Crippen LogP contribution in [0.5, 0.6) is 0 Å². The minimum atomic E-state index is -3.45. The van der Waals surface area contributed by atoms with Crippen molar-refractivity contribution in [2.45, 2.75) is 29.8 Å². The fourth-order valence-corrected chi connectivity index (χ4v) is 7.19. The molecule has 3 atom stereocenters. The van der Waals surface area contributed by atoms with E-state index >= 15 is 0 Å². The van der Waals surface area contributed by atoms with Crippen molar-refractivity contribution in [2.24, 2.45) is 0 Å². The highest BCUT2D eigenvalue weighted by molar-refractivity contribution is 7.90. The Labute approximate surface area is 170 Å². The summed E-state index contributed by atoms with van der Waals surface area (Å²) in [5, 5.41) is -0.581. The van der Waals surface area contributed by atoms with Crippen molar-refractivity contribution in [3.63, 3.8) is 0 Å². The number of nitrogens with zero attached hydrogens (tertiary/aromatic N) is 3. The molecule has 0 unspecified atom stereocenters. The smallest absolute Gasteiger partial charge is 0.255 e. The van der Waals surface area contributed by atoms with Gasteiger partial charge in [0.25, 0.3) is 5.91 Å². The number of amides is 1. The first kappa shape index (κ1) is 18.7. The molecule has 1 aromatic heterocycles. The van der Waals surface area contributed by atoms with Crippen LogP contribution in [0.4, 0.5) is 0 Å². The number of sulfonamides is 1. The van der Waals surface area contributed by atoms with Gasteiger partial charge in [0.1, 0.15) is 10.9 Å². The van der Waals surface area contributed by atoms with Gasteiger partial charge in [-0.15, -0.1) is 0 Å². The second kappa shape index (κ2) is 6.90. The molecule has 1 amide bonds. The number of morpholine rings is 1. The SMILES string of the molecule is O=C(c1cccnc1)N1C[C@@H]2C[C@@H]3[C@@](C1)(CN(CCc1ccccc1)S3(=O)=O)O2. The number of carbonyl (C=O) groups is 1. The molecule has 2 aromatic rings. The minimum Gasteiger partial charge on any atom is -0.365 e. The van der Waals surface area contributed by atoms with Gasteiger partial charge in [-0.25, -0.2) is 8.42 Å². The van der Waals surface area contributed by atoms with Crippen LogP contribution < -0.4 is 0 Å². The van der Waals surface area contributed by atoms with Crippen molar-refractivity contribution < 1.29 is 17.9 Å². The topological polar surface area (TPSA) is 79.8 Å². The number of likely N-dealkylation sites (tertiary alicyclic amines) is 1. The number of fused-ring (bicyclic) bond motifs is 1. The van der Waals surface area contributed by atoms with Gasteiger partial charge in [-0.1, -0.05) is 30.3 Å². The summed E-state index contributed by atoms with van der Waals surface area (Å²) in [7, 11) is -3.45. The lowest BCUT2D eigenvalue weighted by molar-refractivity contribution is -0.0976. The van der Waals surface area contributed by atoms with Crippen LogP contribution in [-0.4, -0.2) is 71.6 Å². The molecule has 3 aliphatic rings. The van der Waals surface area contributed by atoms with E-state index in [2.05, 4.69) is 4.98 Å². The molecular formula is C21H23N3O4S. The van der Waals surface area contributed by atoms with Crippen LogP contribution in [-0.2, 0) is 21.2 Å². The highest BCUT2D eigenvalue weighted by atomic mass is 32.2. The molecule has 0 N–H and O–H groups in total. The third-order valence-electron chi connectivity index (χ3n) is 6.20. The average molecular weight is 413 g/mol. The van der Waals surface area contributed by atoms with Gasteiger partial charge >= 0.3 is 0 Å². The summed E-state index contributed by atoms with van der Waals surface area (Å²) < 4.78 is 34.2. The zero-order valence-corrected chi connectivity index (χ0v) is 16.8. The lowest BCUT2D eigenvalue weighted by atomic mass is 9.99. The Kier molecular flexibility index (Phi) is 4.45. The van der Waals surface area contributed by atoms with Gasteiger partial charge in [0.15, 0.2) is 0 Å². The van der Waals surface area contributed by atoms with Gasteiger partial charge in [0.05, 0.1) is 18.2 Å². The van der Waals surface area contributed by atoms with Crippen LogP contribution in [0.25, 0.3) is 0 Å². The quantitative estimate of drug-likeness (QED) is 0.755. The second-order valence-corrected chi connectivity index (χ2v) is 10.2. The summed E-state index contributed by atoms with van der Waals surface area (Å²) in [4.78, 5) is 18.7. The Balaban J connectivity index is 1.36. The summed E-state index contributed by atoms with van der Waals surface area (Å²) in [6.07, 6.45) is 4.04. The zero-order valence-electron chi connectivity index (χ0n) is 16.0. The van der Waals surface area contributed by atoms with Gasteiger partial charge in [-0.2, -0.15) is 4.31 Å². The molecule has 7 nitrogen and oxygen atoms in total. The summed E-state index contributed by atoms with van der Waals surface area (Å²) >= 11 is 0. The van der Waals surface area contributed by atoms with Crippen LogP contribution in [0.2, 0.25) is 0 Å². The van der Waals surface area contributed by atoms with E-state index < -0.39 is 20.9 Å². The van der Waals surface area contributed by atoms with E-state index in [1.54, 1.807) is 33.7 Å². The van der Waals surface area contributed by atoms with Crippen molar-refractivity contribution in [3.05, 3.63) is 66.0 Å². The second-order valence-electron chi connectivity index (χ2n) is 8.07. The van der Waals surface area contributed by atoms with Crippen molar-refractivity contribution in [2.75, 3.05) is 26.2 Å². The number of rotatable bonds is 4. The number of hydrogen-bond acceptors (Lipinski definition) is 5. The van der Waals surface area contributed by atoms with Gasteiger partial charge in [0.2, 0.25) is 10.0 Å². The van der Waals surface area contributed by atoms with E-state index in [4.69, 9.17) is 4.74 Å². The van der Waals surface area contributed by atoms with Gasteiger partial charge in [-0.3, -0.25) is 9.78 Å². The Bertz CT molecular complexity index is 1010.